The molecule has 1 aliphatic rings. The standard InChI is InChI=1S/C10H16N2O2S/c1-3-7(2)6-8-9(13)12(5-4-11)10(14)15-8/h6-7H,3-5,11H2,1-2H3. The van der Waals surface area contributed by atoms with Crippen LogP contribution in [-0.2, 0) is 4.79 Å². The number of nitrogens with zero attached hydrogens (tertiary/aromatic N) is 1. The van der Waals surface area contributed by atoms with Crippen LogP contribution < -0.4 is 5.73 Å². The maximum absolute atomic E-state index is 11.7. The summed E-state index contributed by atoms with van der Waals surface area (Å²) in [6.45, 7) is 4.69. The van der Waals surface area contributed by atoms with Crippen LogP contribution >= 0.6 is 11.8 Å². The van der Waals surface area contributed by atoms with Gasteiger partial charge in [0.25, 0.3) is 11.1 Å². The monoisotopic (exact) mass is 228 g/mol. The van der Waals surface area contributed by atoms with Gasteiger partial charge in [-0.3, -0.25) is 14.5 Å². The number of hydrogen-bond donors (Lipinski definition) is 1. The molecule has 0 radical (unpaired) electrons. The first-order chi connectivity index (χ1) is 7.10. The molecule has 0 saturated carbocycles. The van der Waals surface area contributed by atoms with Crippen LogP contribution in [0.5, 0.6) is 0 Å². The summed E-state index contributed by atoms with van der Waals surface area (Å²) in [5.41, 5.74) is 5.33. The van der Waals surface area contributed by atoms with Crippen LogP contribution in [0.4, 0.5) is 4.79 Å². The van der Waals surface area contributed by atoms with Crippen molar-refractivity contribution in [2.24, 2.45) is 11.7 Å². The van der Waals surface area contributed by atoms with E-state index < -0.39 is 0 Å². The van der Waals surface area contributed by atoms with E-state index in [1.807, 2.05) is 19.9 Å². The van der Waals surface area contributed by atoms with Gasteiger partial charge in [0, 0.05) is 13.1 Å². The molecule has 1 rings (SSSR count). The minimum absolute atomic E-state index is 0.198. The van der Waals surface area contributed by atoms with Gasteiger partial charge in [0.15, 0.2) is 0 Å². The van der Waals surface area contributed by atoms with Gasteiger partial charge < -0.3 is 5.73 Å². The highest BCUT2D eigenvalue weighted by atomic mass is 32.2. The Balaban J connectivity index is 2.77. The number of rotatable bonds is 4. The minimum Gasteiger partial charge on any atom is -0.329 e. The summed E-state index contributed by atoms with van der Waals surface area (Å²) in [6.07, 6.45) is 2.82. The van der Waals surface area contributed by atoms with Crippen LogP contribution in [-0.4, -0.2) is 29.1 Å². The molecular formula is C10H16N2O2S. The molecule has 1 unspecified atom stereocenters. The lowest BCUT2D eigenvalue weighted by molar-refractivity contribution is -0.122. The molecule has 0 spiro atoms. The summed E-state index contributed by atoms with van der Waals surface area (Å²) in [4.78, 5) is 24.9. The molecule has 1 aliphatic heterocycles. The molecule has 1 heterocycles. The molecule has 4 nitrogen and oxygen atoms in total. The predicted octanol–water partition coefficient (Wildman–Crippen LogP) is 1.57. The molecule has 84 valence electrons. The van der Waals surface area contributed by atoms with Crippen molar-refractivity contribution in [1.29, 1.82) is 0 Å². The normalized spacial score (nSPS) is 21.5. The first-order valence-electron chi connectivity index (χ1n) is 5.05. The van der Waals surface area contributed by atoms with Gasteiger partial charge in [-0.25, -0.2) is 0 Å². The van der Waals surface area contributed by atoms with Crippen LogP contribution in [0.2, 0.25) is 0 Å². The van der Waals surface area contributed by atoms with Gasteiger partial charge in [0.2, 0.25) is 0 Å². The molecule has 2 N–H and O–H groups in total. The second-order valence-corrected chi connectivity index (χ2v) is 4.52. The maximum Gasteiger partial charge on any atom is 0.293 e. The van der Waals surface area contributed by atoms with Gasteiger partial charge in [-0.2, -0.15) is 0 Å². The largest absolute Gasteiger partial charge is 0.329 e. The van der Waals surface area contributed by atoms with Crippen molar-refractivity contribution in [2.75, 3.05) is 13.1 Å². The lowest BCUT2D eigenvalue weighted by Gasteiger charge is -2.09. The third-order valence-corrected chi connectivity index (χ3v) is 3.23. The van der Waals surface area contributed by atoms with E-state index in [-0.39, 0.29) is 11.1 Å². The molecule has 1 atom stereocenters. The molecule has 0 aliphatic carbocycles. The Bertz CT molecular complexity index is 302. The molecule has 1 fully saturated rings. The van der Waals surface area contributed by atoms with Crippen molar-refractivity contribution in [3.05, 3.63) is 11.0 Å². The molecule has 0 aromatic rings. The Morgan fingerprint density at radius 1 is 1.53 bits per heavy atom. The van der Waals surface area contributed by atoms with Crippen molar-refractivity contribution in [2.45, 2.75) is 20.3 Å². The fourth-order valence-corrected chi connectivity index (χ4v) is 2.18. The second-order valence-electron chi connectivity index (χ2n) is 3.53. The Hall–Kier alpha value is -0.810. The summed E-state index contributed by atoms with van der Waals surface area (Å²) in [5.74, 6) is 0.123. The van der Waals surface area contributed by atoms with Gasteiger partial charge in [-0.05, 0) is 17.7 Å². The second kappa shape index (κ2) is 5.32. The maximum atomic E-state index is 11.7. The summed E-state index contributed by atoms with van der Waals surface area (Å²) >= 11 is 1.01. The fraction of sp³-hybridized carbons (Fsp3) is 0.600. The third kappa shape index (κ3) is 2.82. The van der Waals surface area contributed by atoms with Gasteiger partial charge in [0.05, 0.1) is 4.91 Å². The number of hydrogen-bond acceptors (Lipinski definition) is 4. The van der Waals surface area contributed by atoms with E-state index in [0.29, 0.717) is 23.9 Å². The lowest BCUT2D eigenvalue weighted by atomic mass is 10.1. The van der Waals surface area contributed by atoms with Crippen LogP contribution in [0, 0.1) is 5.92 Å². The molecular weight excluding hydrogens is 212 g/mol. The van der Waals surface area contributed by atoms with E-state index in [1.165, 1.54) is 4.90 Å². The summed E-state index contributed by atoms with van der Waals surface area (Å²) < 4.78 is 0. The molecule has 15 heavy (non-hydrogen) atoms. The Labute approximate surface area is 93.9 Å². The van der Waals surface area contributed by atoms with Gasteiger partial charge in [-0.15, -0.1) is 0 Å². The molecule has 1 saturated heterocycles. The zero-order valence-electron chi connectivity index (χ0n) is 9.03. The van der Waals surface area contributed by atoms with E-state index >= 15 is 0 Å². The number of allylic oxidation sites excluding steroid dienone is 1. The molecule has 0 aromatic heterocycles. The van der Waals surface area contributed by atoms with Crippen LogP contribution in [0.3, 0.4) is 0 Å². The van der Waals surface area contributed by atoms with Gasteiger partial charge in [0.1, 0.15) is 0 Å². The average molecular weight is 228 g/mol. The predicted molar refractivity (Wildman–Crippen MR) is 61.3 cm³/mol. The SMILES string of the molecule is CCC(C)C=C1SC(=O)N(CCN)C1=O. The topological polar surface area (TPSA) is 63.4 Å². The van der Waals surface area contributed by atoms with Gasteiger partial charge in [-0.1, -0.05) is 26.3 Å². The smallest absolute Gasteiger partial charge is 0.293 e. The Kier molecular flexibility index (Phi) is 4.35. The van der Waals surface area contributed by atoms with Crippen molar-refractivity contribution in [3.8, 4) is 0 Å². The fourth-order valence-electron chi connectivity index (χ4n) is 1.21. The summed E-state index contributed by atoms with van der Waals surface area (Å²) in [5, 5.41) is -0.208. The number of carbonyl (C=O) groups excluding carboxylic acids is 2. The van der Waals surface area contributed by atoms with Crippen molar-refractivity contribution in [3.63, 3.8) is 0 Å². The molecule has 0 bridgehead atoms. The first kappa shape index (κ1) is 12.3. The average Bonchev–Trinajstić information content (AvgIpc) is 2.46. The zero-order chi connectivity index (χ0) is 11.4. The van der Waals surface area contributed by atoms with Gasteiger partial charge >= 0.3 is 0 Å². The van der Waals surface area contributed by atoms with E-state index in [4.69, 9.17) is 5.73 Å². The quantitative estimate of drug-likeness (QED) is 0.742. The highest BCUT2D eigenvalue weighted by molar-refractivity contribution is 8.18. The van der Waals surface area contributed by atoms with E-state index in [2.05, 4.69) is 0 Å². The Morgan fingerprint density at radius 3 is 2.73 bits per heavy atom. The van der Waals surface area contributed by atoms with E-state index in [1.54, 1.807) is 0 Å². The number of imide groups is 1. The zero-order valence-corrected chi connectivity index (χ0v) is 9.84. The highest BCUT2D eigenvalue weighted by Gasteiger charge is 2.34. The highest BCUT2D eigenvalue weighted by Crippen LogP contribution is 2.31. The minimum atomic E-state index is -0.208. The van der Waals surface area contributed by atoms with E-state index in [0.717, 1.165) is 18.2 Å². The first-order valence-corrected chi connectivity index (χ1v) is 5.87. The number of thioether (sulfide) groups is 1. The summed E-state index contributed by atoms with van der Waals surface area (Å²) in [6, 6.07) is 0. The van der Waals surface area contributed by atoms with Crippen molar-refractivity contribution in [1.82, 2.24) is 4.90 Å². The summed E-state index contributed by atoms with van der Waals surface area (Å²) in [7, 11) is 0. The van der Waals surface area contributed by atoms with Crippen molar-refractivity contribution >= 4 is 22.9 Å². The number of carbonyl (C=O) groups is 2. The van der Waals surface area contributed by atoms with Crippen LogP contribution in [0.1, 0.15) is 20.3 Å². The number of amides is 2. The molecule has 2 amide bonds. The molecule has 0 aromatic carbocycles. The van der Waals surface area contributed by atoms with E-state index in [9.17, 15) is 9.59 Å². The van der Waals surface area contributed by atoms with Crippen molar-refractivity contribution < 1.29 is 9.59 Å². The third-order valence-electron chi connectivity index (χ3n) is 2.31. The van der Waals surface area contributed by atoms with Crippen LogP contribution in [0.25, 0.3) is 0 Å². The number of nitrogens with two attached hydrogens (primary N) is 1. The lowest BCUT2D eigenvalue weighted by Crippen LogP contribution is -2.33. The van der Waals surface area contributed by atoms with Crippen LogP contribution in [0.15, 0.2) is 11.0 Å². The Morgan fingerprint density at radius 2 is 2.20 bits per heavy atom. The molecule has 5 heteroatoms.